The number of aliphatic hydroxyl groups excluding tert-OH is 1. The second-order valence-electron chi connectivity index (χ2n) is 5.22. The summed E-state index contributed by atoms with van der Waals surface area (Å²) in [4.78, 5) is 8.16. The molecule has 1 saturated heterocycles. The van der Waals surface area contributed by atoms with Crippen molar-refractivity contribution in [2.45, 2.75) is 44.1 Å². The van der Waals surface area contributed by atoms with E-state index in [0.717, 1.165) is 5.69 Å². The molecule has 11 heteroatoms. The largest absolute Gasteiger partial charge is 0.388 e. The Morgan fingerprint density at radius 3 is 3.00 bits per heavy atom. The number of rotatable bonds is 5. The Balaban J connectivity index is 2.33. The molecule has 2 N–H and O–H groups in total. The van der Waals surface area contributed by atoms with Gasteiger partial charge in [0.05, 0.1) is 25.1 Å². The lowest BCUT2D eigenvalue weighted by molar-refractivity contribution is -0.0620. The van der Waals surface area contributed by atoms with Crippen LogP contribution in [0.25, 0.3) is 0 Å². The molecule has 0 aliphatic carbocycles. The van der Waals surface area contributed by atoms with E-state index < -0.39 is 39.7 Å². The van der Waals surface area contributed by atoms with E-state index in [0.29, 0.717) is 18.5 Å². The van der Waals surface area contributed by atoms with Crippen LogP contribution in [0.3, 0.4) is 0 Å². The van der Waals surface area contributed by atoms with Crippen molar-refractivity contribution >= 4 is 27.2 Å². The van der Waals surface area contributed by atoms with E-state index in [1.165, 1.54) is 10.4 Å². The Hall–Kier alpha value is -1.27. The van der Waals surface area contributed by atoms with E-state index in [-0.39, 0.29) is 6.10 Å². The van der Waals surface area contributed by atoms with Gasteiger partial charge in [-0.25, -0.2) is 3.07 Å². The summed E-state index contributed by atoms with van der Waals surface area (Å²) in [6.07, 6.45) is 0.970. The van der Waals surface area contributed by atoms with Crippen molar-refractivity contribution in [2.24, 2.45) is 12.2 Å². The fourth-order valence-corrected chi connectivity index (χ4v) is 3.47. The number of aliphatic hydroxyl groups is 1. The van der Waals surface area contributed by atoms with Crippen molar-refractivity contribution in [1.82, 2.24) is 14.7 Å². The molecule has 0 amide bonds. The first kappa shape index (κ1) is 18.1. The Morgan fingerprint density at radius 2 is 2.39 bits per heavy atom. The normalized spacial score (nSPS) is 28.0. The van der Waals surface area contributed by atoms with Gasteiger partial charge in [0, 0.05) is 7.05 Å². The van der Waals surface area contributed by atoms with Crippen molar-refractivity contribution in [3.63, 3.8) is 0 Å². The zero-order chi connectivity index (χ0) is 17.0. The van der Waals surface area contributed by atoms with E-state index >= 15 is 0 Å². The average Bonchev–Trinajstić information content (AvgIpc) is 2.85. The third-order valence-electron chi connectivity index (χ3n) is 3.87. The molecule has 1 aliphatic heterocycles. The van der Waals surface area contributed by atoms with Crippen molar-refractivity contribution < 1.29 is 17.8 Å². The summed E-state index contributed by atoms with van der Waals surface area (Å²) in [5.41, 5.74) is 8.18. The van der Waals surface area contributed by atoms with Gasteiger partial charge in [0.25, 0.3) is 0 Å². The summed E-state index contributed by atoms with van der Waals surface area (Å²) >= 11 is -1.56. The van der Waals surface area contributed by atoms with E-state index in [1.54, 1.807) is 24.9 Å². The Morgan fingerprint density at radius 1 is 1.65 bits per heavy atom. The highest BCUT2D eigenvalue weighted by Crippen LogP contribution is 2.37. The number of anilines is 1. The minimum Gasteiger partial charge on any atom is -0.388 e. The number of nitrogens with one attached hydrogen (secondary N) is 1. The van der Waals surface area contributed by atoms with Crippen LogP contribution >= 0.6 is 21.5 Å². The quantitative estimate of drug-likeness (QED) is 0.236. The zero-order valence-electron chi connectivity index (χ0n) is 13.1. The van der Waals surface area contributed by atoms with Gasteiger partial charge in [-0.2, -0.15) is 8.38 Å². The van der Waals surface area contributed by atoms with Gasteiger partial charge in [-0.3, -0.25) is 9.52 Å². The van der Waals surface area contributed by atoms with Crippen LogP contribution in [-0.2, 0) is 19.7 Å². The Labute approximate surface area is 143 Å². The first-order valence-corrected chi connectivity index (χ1v) is 8.91. The molecule has 128 valence electrons. The molecule has 0 unspecified atom stereocenters. The lowest BCUT2D eigenvalue weighted by Crippen LogP contribution is -2.34. The van der Waals surface area contributed by atoms with E-state index in [9.17, 15) is 8.18 Å². The molecule has 2 rings (SSSR count). The zero-order valence-corrected chi connectivity index (χ0v) is 15.2. The number of nitrogens with zero attached hydrogens (tertiary/aromatic N) is 5. The molecule has 0 bridgehead atoms. The molecule has 1 aromatic rings. The highest BCUT2D eigenvalue weighted by molar-refractivity contribution is 14.1. The van der Waals surface area contributed by atoms with Crippen molar-refractivity contribution in [1.29, 1.82) is 5.53 Å². The molecule has 10 nitrogen and oxygen atoms in total. The van der Waals surface area contributed by atoms with E-state index in [4.69, 9.17) is 15.1 Å². The monoisotopic (exact) mass is 439 g/mol. The first-order chi connectivity index (χ1) is 11.0. The maximum Gasteiger partial charge on any atom is 0.300 e. The second-order valence-corrected chi connectivity index (χ2v) is 6.49. The Kier molecular flexibility index (Phi) is 6.30. The predicted molar refractivity (Wildman–Crippen MR) is 87.0 cm³/mol. The molecular formula is C12H20IN6O4+. The molecule has 1 aliphatic rings. The van der Waals surface area contributed by atoms with Gasteiger partial charge in [-0.15, -0.1) is 0 Å². The fraction of sp³-hybridized carbons (Fsp3) is 0.750. The SMILES string of the molecule is CON(I=O)c1cnn(C)c1[C@@H]1CC[C@@H](N=[N+]=N)[C@H](O)[C@@H](C)O1. The van der Waals surface area contributed by atoms with Crippen LogP contribution in [-0.4, -0.2) is 40.2 Å². The van der Waals surface area contributed by atoms with Crippen molar-refractivity contribution in [3.8, 4) is 0 Å². The number of halogens is 1. The number of hydrogen-bond acceptors (Lipinski definition) is 7. The van der Waals surface area contributed by atoms with Crippen molar-refractivity contribution in [2.75, 3.05) is 10.4 Å². The molecule has 23 heavy (non-hydrogen) atoms. The number of hydrogen-bond donors (Lipinski definition) is 2. The van der Waals surface area contributed by atoms with Crippen LogP contribution in [0.5, 0.6) is 0 Å². The number of ether oxygens (including phenoxy) is 1. The summed E-state index contributed by atoms with van der Waals surface area (Å²) in [6, 6.07) is -0.477. The molecule has 0 radical (unpaired) electrons. The van der Waals surface area contributed by atoms with Gasteiger partial charge in [0.15, 0.2) is 6.04 Å². The summed E-state index contributed by atoms with van der Waals surface area (Å²) in [5, 5.41) is 18.2. The van der Waals surface area contributed by atoms with Gasteiger partial charge < -0.3 is 9.84 Å². The number of aromatic nitrogens is 2. The molecule has 0 aromatic carbocycles. The van der Waals surface area contributed by atoms with Gasteiger partial charge in [0.1, 0.15) is 28.5 Å². The summed E-state index contributed by atoms with van der Waals surface area (Å²) in [7, 11) is 3.21. The van der Waals surface area contributed by atoms with Crippen LogP contribution in [0, 0.1) is 5.53 Å². The highest BCUT2D eigenvalue weighted by Gasteiger charge is 2.37. The van der Waals surface area contributed by atoms with Gasteiger partial charge in [-0.1, -0.05) is 0 Å². The number of aryl methyl sites for hydroxylation is 1. The van der Waals surface area contributed by atoms with Gasteiger partial charge >= 0.3 is 21.5 Å². The molecule has 1 aromatic heterocycles. The summed E-state index contributed by atoms with van der Waals surface area (Å²) in [5.74, 6) is 0. The molecule has 1 fully saturated rings. The maximum absolute atomic E-state index is 11.4. The second kappa shape index (κ2) is 8.02. The average molecular weight is 439 g/mol. The standard InChI is InChI=1S/C12H20IN6O4/c1-7-12(20)8(16-17-14)4-5-10(23-7)11-9(6-15-18(11)2)19(13-21)22-3/h6-8,10,12,14,20H,4-5H2,1-3H3/q+1/t7-,8-,10+,12-/m1/s1. The van der Waals surface area contributed by atoms with Crippen LogP contribution in [0.4, 0.5) is 5.69 Å². The minimum absolute atomic E-state index is 0.360. The Bertz CT molecular complexity index is 604. The first-order valence-electron chi connectivity index (χ1n) is 7.07. The third kappa shape index (κ3) is 3.80. The lowest BCUT2D eigenvalue weighted by atomic mass is 10.0. The maximum atomic E-state index is 11.4. The van der Waals surface area contributed by atoms with Crippen LogP contribution in [0.15, 0.2) is 11.3 Å². The van der Waals surface area contributed by atoms with Crippen LogP contribution < -0.4 is 8.19 Å². The van der Waals surface area contributed by atoms with E-state index in [2.05, 4.69) is 15.1 Å². The molecular weight excluding hydrogens is 419 g/mol. The molecule has 0 spiro atoms. The summed E-state index contributed by atoms with van der Waals surface area (Å²) < 4.78 is 20.3. The smallest absolute Gasteiger partial charge is 0.300 e. The molecule has 4 atom stereocenters. The minimum atomic E-state index is -1.56. The third-order valence-corrected chi connectivity index (χ3v) is 5.14. The van der Waals surface area contributed by atoms with E-state index in [1.807, 2.05) is 0 Å². The predicted octanol–water partition coefficient (Wildman–Crippen LogP) is 1.54. The lowest BCUT2D eigenvalue weighted by Gasteiger charge is -2.23. The van der Waals surface area contributed by atoms with Crippen molar-refractivity contribution in [3.05, 3.63) is 11.9 Å². The summed E-state index contributed by atoms with van der Waals surface area (Å²) in [6.45, 7) is 1.75. The fourth-order valence-electron chi connectivity index (χ4n) is 2.72. The van der Waals surface area contributed by atoms with Gasteiger partial charge in [0.2, 0.25) is 4.91 Å². The molecule has 2 heterocycles. The van der Waals surface area contributed by atoms with Gasteiger partial charge in [-0.05, 0) is 19.8 Å². The van der Waals surface area contributed by atoms with Crippen LogP contribution in [0.1, 0.15) is 31.6 Å². The topological polar surface area (TPSA) is 127 Å². The van der Waals surface area contributed by atoms with Crippen LogP contribution in [0.2, 0.25) is 0 Å². The highest BCUT2D eigenvalue weighted by atomic mass is 127. The molecule has 0 saturated carbocycles.